The highest BCUT2D eigenvalue weighted by atomic mass is 16.6. The molecule has 0 heterocycles. The maximum atomic E-state index is 10.7. The summed E-state index contributed by atoms with van der Waals surface area (Å²) in [6.07, 6.45) is 1.33. The topological polar surface area (TPSA) is 44.8 Å². The van der Waals surface area contributed by atoms with Crippen LogP contribution in [-0.2, 0) is 19.0 Å². The van der Waals surface area contributed by atoms with Gasteiger partial charge in [-0.3, -0.25) is 0 Å². The highest BCUT2D eigenvalue weighted by molar-refractivity contribution is 5.70. The molecule has 4 nitrogen and oxygen atoms in total. The second kappa shape index (κ2) is 8.07. The van der Waals surface area contributed by atoms with E-state index in [1.807, 2.05) is 0 Å². The monoisotopic (exact) mass is 174 g/mol. The molecule has 0 amide bonds. The van der Waals surface area contributed by atoms with E-state index in [-0.39, 0.29) is 12.6 Å². The summed E-state index contributed by atoms with van der Waals surface area (Å²) in [6, 6.07) is 0. The molecule has 0 aliphatic carbocycles. The van der Waals surface area contributed by atoms with Crippen molar-refractivity contribution in [2.75, 3.05) is 26.4 Å². The van der Waals surface area contributed by atoms with Crippen LogP contribution in [0.4, 0.5) is 0 Å². The summed E-state index contributed by atoms with van der Waals surface area (Å²) in [4.78, 5) is 10.7. The van der Waals surface area contributed by atoms with Gasteiger partial charge < -0.3 is 14.2 Å². The van der Waals surface area contributed by atoms with E-state index in [0.29, 0.717) is 19.8 Å². The lowest BCUT2D eigenvalue weighted by Gasteiger charge is -2.03. The van der Waals surface area contributed by atoms with Crippen molar-refractivity contribution in [2.24, 2.45) is 0 Å². The SMILES string of the molecule is C=COCCOCC(=O)OCC. The second-order valence-corrected chi connectivity index (χ2v) is 1.90. The summed E-state index contributed by atoms with van der Waals surface area (Å²) < 4.78 is 14.3. The molecule has 0 saturated heterocycles. The Labute approximate surface area is 72.1 Å². The summed E-state index contributed by atoms with van der Waals surface area (Å²) in [5.74, 6) is -0.351. The predicted molar refractivity (Wildman–Crippen MR) is 43.6 cm³/mol. The van der Waals surface area contributed by atoms with Crippen LogP contribution in [0.15, 0.2) is 12.8 Å². The van der Waals surface area contributed by atoms with Crippen LogP contribution in [0.1, 0.15) is 6.92 Å². The van der Waals surface area contributed by atoms with Crippen molar-refractivity contribution in [3.63, 3.8) is 0 Å². The van der Waals surface area contributed by atoms with Crippen LogP contribution in [0.25, 0.3) is 0 Å². The van der Waals surface area contributed by atoms with Crippen molar-refractivity contribution in [1.29, 1.82) is 0 Å². The van der Waals surface area contributed by atoms with E-state index >= 15 is 0 Å². The molecular weight excluding hydrogens is 160 g/mol. The fourth-order valence-corrected chi connectivity index (χ4v) is 0.549. The highest BCUT2D eigenvalue weighted by Gasteiger charge is 1.99. The van der Waals surface area contributed by atoms with Gasteiger partial charge in [-0.2, -0.15) is 0 Å². The van der Waals surface area contributed by atoms with E-state index in [4.69, 9.17) is 9.47 Å². The maximum Gasteiger partial charge on any atom is 0.332 e. The van der Waals surface area contributed by atoms with Crippen molar-refractivity contribution in [3.05, 3.63) is 12.8 Å². The van der Waals surface area contributed by atoms with E-state index < -0.39 is 0 Å². The van der Waals surface area contributed by atoms with E-state index in [2.05, 4.69) is 11.3 Å². The molecule has 0 aliphatic rings. The smallest absolute Gasteiger partial charge is 0.332 e. The average molecular weight is 174 g/mol. The summed E-state index contributed by atoms with van der Waals surface area (Å²) in [7, 11) is 0. The van der Waals surface area contributed by atoms with Gasteiger partial charge in [-0.25, -0.2) is 4.79 Å². The van der Waals surface area contributed by atoms with Crippen molar-refractivity contribution in [2.45, 2.75) is 6.92 Å². The molecule has 70 valence electrons. The molecule has 0 spiro atoms. The summed E-state index contributed by atoms with van der Waals surface area (Å²) in [5, 5.41) is 0. The fourth-order valence-electron chi connectivity index (χ4n) is 0.549. The molecule has 0 aromatic carbocycles. The summed E-state index contributed by atoms with van der Waals surface area (Å²) in [6.45, 7) is 6.23. The number of rotatable bonds is 7. The van der Waals surface area contributed by atoms with Crippen LogP contribution in [0.2, 0.25) is 0 Å². The van der Waals surface area contributed by atoms with Crippen LogP contribution in [0.5, 0.6) is 0 Å². The largest absolute Gasteiger partial charge is 0.499 e. The second-order valence-electron chi connectivity index (χ2n) is 1.90. The zero-order valence-corrected chi connectivity index (χ0v) is 7.25. The molecule has 0 atom stereocenters. The number of esters is 1. The van der Waals surface area contributed by atoms with Crippen molar-refractivity contribution < 1.29 is 19.0 Å². The standard InChI is InChI=1S/C8H14O4/c1-3-10-5-6-11-7-8(9)12-4-2/h3H,1,4-7H2,2H3. The van der Waals surface area contributed by atoms with Crippen molar-refractivity contribution in [1.82, 2.24) is 0 Å². The van der Waals surface area contributed by atoms with Gasteiger partial charge in [0.15, 0.2) is 0 Å². The average Bonchev–Trinajstić information content (AvgIpc) is 2.05. The Morgan fingerprint density at radius 1 is 1.50 bits per heavy atom. The van der Waals surface area contributed by atoms with Crippen LogP contribution < -0.4 is 0 Å². The van der Waals surface area contributed by atoms with E-state index in [1.165, 1.54) is 6.26 Å². The van der Waals surface area contributed by atoms with Crippen molar-refractivity contribution >= 4 is 5.97 Å². The van der Waals surface area contributed by atoms with Crippen LogP contribution >= 0.6 is 0 Å². The molecule has 0 rings (SSSR count). The summed E-state index contributed by atoms with van der Waals surface area (Å²) >= 11 is 0. The Bertz CT molecular complexity index is 133. The molecular formula is C8H14O4. The zero-order valence-electron chi connectivity index (χ0n) is 7.25. The first kappa shape index (κ1) is 11.0. The lowest BCUT2D eigenvalue weighted by molar-refractivity contribution is -0.148. The van der Waals surface area contributed by atoms with Gasteiger partial charge in [0.2, 0.25) is 0 Å². The van der Waals surface area contributed by atoms with Gasteiger partial charge in [0.25, 0.3) is 0 Å². The molecule has 0 aromatic heterocycles. The third-order valence-electron chi connectivity index (χ3n) is 0.989. The van der Waals surface area contributed by atoms with Gasteiger partial charge in [0.1, 0.15) is 13.2 Å². The lowest BCUT2D eigenvalue weighted by Crippen LogP contribution is -2.14. The maximum absolute atomic E-state index is 10.7. The molecule has 0 bridgehead atoms. The highest BCUT2D eigenvalue weighted by Crippen LogP contribution is 1.82. The molecule has 12 heavy (non-hydrogen) atoms. The molecule has 0 saturated carbocycles. The van der Waals surface area contributed by atoms with E-state index in [9.17, 15) is 4.79 Å². The quantitative estimate of drug-likeness (QED) is 0.324. The summed E-state index contributed by atoms with van der Waals surface area (Å²) in [5.41, 5.74) is 0. The molecule has 0 aromatic rings. The Morgan fingerprint density at radius 3 is 2.83 bits per heavy atom. The van der Waals surface area contributed by atoms with Gasteiger partial charge >= 0.3 is 5.97 Å². The Kier molecular flexibility index (Phi) is 7.38. The molecule has 0 fully saturated rings. The van der Waals surface area contributed by atoms with Gasteiger partial charge in [0.05, 0.1) is 19.5 Å². The number of carbonyl (C=O) groups excluding carboxylic acids is 1. The van der Waals surface area contributed by atoms with Crippen molar-refractivity contribution in [3.8, 4) is 0 Å². The molecule has 0 radical (unpaired) electrons. The molecule has 4 heteroatoms. The van der Waals surface area contributed by atoms with Gasteiger partial charge in [-0.15, -0.1) is 0 Å². The fraction of sp³-hybridized carbons (Fsp3) is 0.625. The third-order valence-corrected chi connectivity index (χ3v) is 0.989. The third kappa shape index (κ3) is 7.08. The normalized spacial score (nSPS) is 9.08. The zero-order chi connectivity index (χ0) is 9.23. The molecule has 0 aliphatic heterocycles. The minimum Gasteiger partial charge on any atom is -0.499 e. The first-order valence-electron chi connectivity index (χ1n) is 3.77. The van der Waals surface area contributed by atoms with Crippen LogP contribution in [0.3, 0.4) is 0 Å². The Morgan fingerprint density at radius 2 is 2.25 bits per heavy atom. The number of ether oxygens (including phenoxy) is 3. The first-order valence-corrected chi connectivity index (χ1v) is 3.77. The Hall–Kier alpha value is -1.03. The molecule has 0 N–H and O–H groups in total. The van der Waals surface area contributed by atoms with Gasteiger partial charge in [-0.05, 0) is 6.92 Å². The van der Waals surface area contributed by atoms with E-state index in [1.54, 1.807) is 6.92 Å². The number of hydrogen-bond acceptors (Lipinski definition) is 4. The van der Waals surface area contributed by atoms with Crippen LogP contribution in [-0.4, -0.2) is 32.4 Å². The van der Waals surface area contributed by atoms with Gasteiger partial charge in [-0.1, -0.05) is 6.58 Å². The van der Waals surface area contributed by atoms with Gasteiger partial charge in [0, 0.05) is 0 Å². The number of carbonyl (C=O) groups is 1. The minimum atomic E-state index is -0.351. The van der Waals surface area contributed by atoms with Crippen LogP contribution in [0, 0.1) is 0 Å². The Balaban J connectivity index is 3.08. The first-order chi connectivity index (χ1) is 5.81. The van der Waals surface area contributed by atoms with E-state index in [0.717, 1.165) is 0 Å². The molecule has 0 unspecified atom stereocenters. The minimum absolute atomic E-state index is 0.0195. The lowest BCUT2D eigenvalue weighted by atomic mass is 10.7. The number of hydrogen-bond donors (Lipinski definition) is 0. The predicted octanol–water partition coefficient (Wildman–Crippen LogP) is 0.726.